The number of carboxylic acids is 1. The lowest BCUT2D eigenvalue weighted by atomic mass is 9.89. The minimum absolute atomic E-state index is 0.0208. The van der Waals surface area contributed by atoms with E-state index in [9.17, 15) is 18.4 Å². The first-order valence-electron chi connectivity index (χ1n) is 13.4. The van der Waals surface area contributed by atoms with Gasteiger partial charge in [0.25, 0.3) is 5.91 Å². The number of fused-ring (bicyclic) bond motifs is 2. The lowest BCUT2D eigenvalue weighted by Crippen LogP contribution is -2.23. The fourth-order valence-electron chi connectivity index (χ4n) is 5.23. The van der Waals surface area contributed by atoms with E-state index in [0.29, 0.717) is 16.7 Å². The maximum atomic E-state index is 14.1. The number of halogens is 2. The van der Waals surface area contributed by atoms with E-state index in [0.717, 1.165) is 49.7 Å². The fraction of sp³-hybridized carbons (Fsp3) is 0.0857. The zero-order valence-electron chi connectivity index (χ0n) is 22.5. The van der Waals surface area contributed by atoms with E-state index in [1.807, 2.05) is 18.2 Å². The maximum Gasteiger partial charge on any atom is 0.335 e. The van der Waals surface area contributed by atoms with Crippen LogP contribution in [0.25, 0.3) is 32.0 Å². The summed E-state index contributed by atoms with van der Waals surface area (Å²) in [6.45, 7) is 2.30. The van der Waals surface area contributed by atoms with E-state index in [-0.39, 0.29) is 23.9 Å². The zero-order valence-corrected chi connectivity index (χ0v) is 23.3. The molecule has 0 unspecified atom stereocenters. The quantitative estimate of drug-likeness (QED) is 0.199. The summed E-state index contributed by atoms with van der Waals surface area (Å²) in [7, 11) is 0. The number of hydrogen-bond donors (Lipinski definition) is 2. The van der Waals surface area contributed by atoms with Gasteiger partial charge in [-0.25, -0.2) is 13.6 Å². The van der Waals surface area contributed by atoms with Crippen LogP contribution in [0.3, 0.4) is 0 Å². The number of carbonyl (C=O) groups is 2. The Morgan fingerprint density at radius 2 is 1.60 bits per heavy atom. The maximum absolute atomic E-state index is 14.1. The second kappa shape index (κ2) is 11.2. The van der Waals surface area contributed by atoms with Crippen LogP contribution >= 0.6 is 11.3 Å². The molecule has 5 aromatic carbocycles. The minimum atomic E-state index is -1.02. The molecule has 0 saturated carbocycles. The molecule has 0 aliphatic heterocycles. The Labute approximate surface area is 244 Å². The van der Waals surface area contributed by atoms with Crippen molar-refractivity contribution in [1.29, 1.82) is 0 Å². The average Bonchev–Trinajstić information content (AvgIpc) is 3.44. The van der Waals surface area contributed by atoms with E-state index < -0.39 is 17.6 Å². The summed E-state index contributed by atoms with van der Waals surface area (Å²) in [4.78, 5) is 25.0. The number of amides is 1. The molecule has 7 heteroatoms. The lowest BCUT2D eigenvalue weighted by Gasteiger charge is -2.16. The molecule has 0 fully saturated rings. The summed E-state index contributed by atoms with van der Waals surface area (Å²) in [5, 5.41) is 17.3. The smallest absolute Gasteiger partial charge is 0.335 e. The van der Waals surface area contributed by atoms with Gasteiger partial charge < -0.3 is 10.4 Å². The van der Waals surface area contributed by atoms with Crippen LogP contribution in [-0.4, -0.2) is 17.0 Å². The fourth-order valence-corrected chi connectivity index (χ4v) is 6.35. The van der Waals surface area contributed by atoms with Crippen molar-refractivity contribution in [2.75, 3.05) is 0 Å². The van der Waals surface area contributed by atoms with Gasteiger partial charge in [0.2, 0.25) is 0 Å². The molecule has 1 heterocycles. The van der Waals surface area contributed by atoms with Crippen molar-refractivity contribution in [1.82, 2.24) is 5.32 Å². The van der Waals surface area contributed by atoms with Crippen LogP contribution in [0.2, 0.25) is 0 Å². The molecule has 1 atom stereocenters. The number of carboxylic acid groups (broad SMARTS) is 1. The second-order valence-corrected chi connectivity index (χ2v) is 11.1. The largest absolute Gasteiger partial charge is 0.478 e. The lowest BCUT2D eigenvalue weighted by molar-refractivity contribution is 0.0696. The van der Waals surface area contributed by atoms with E-state index in [1.54, 1.807) is 18.2 Å². The molecule has 6 aromatic rings. The van der Waals surface area contributed by atoms with Crippen LogP contribution in [0.15, 0.2) is 102 Å². The van der Waals surface area contributed by atoms with Gasteiger partial charge in [0.1, 0.15) is 0 Å². The highest BCUT2D eigenvalue weighted by Crippen LogP contribution is 2.40. The second-order valence-electron chi connectivity index (χ2n) is 10.2. The monoisotopic (exact) mass is 577 g/mol. The van der Waals surface area contributed by atoms with Crippen LogP contribution in [0.5, 0.6) is 0 Å². The first-order valence-corrected chi connectivity index (χ1v) is 14.3. The van der Waals surface area contributed by atoms with Crippen LogP contribution in [0, 0.1) is 11.6 Å². The van der Waals surface area contributed by atoms with E-state index in [1.165, 1.54) is 29.5 Å². The van der Waals surface area contributed by atoms with Gasteiger partial charge >= 0.3 is 5.97 Å². The van der Waals surface area contributed by atoms with Gasteiger partial charge in [0.05, 0.1) is 5.56 Å². The number of benzene rings is 5. The molecule has 0 radical (unpaired) electrons. The third kappa shape index (κ3) is 5.27. The summed E-state index contributed by atoms with van der Waals surface area (Å²) in [5.41, 5.74) is 4.52. The van der Waals surface area contributed by atoms with E-state index >= 15 is 0 Å². The first-order chi connectivity index (χ1) is 20.3. The summed E-state index contributed by atoms with van der Waals surface area (Å²) in [5.74, 6) is -3.26. The Bertz CT molecular complexity index is 1980. The molecule has 6 rings (SSSR count). The Morgan fingerprint density at radius 1 is 0.833 bits per heavy atom. The zero-order chi connectivity index (χ0) is 29.4. The Morgan fingerprint density at radius 3 is 2.33 bits per heavy atom. The van der Waals surface area contributed by atoms with Crippen molar-refractivity contribution in [3.63, 3.8) is 0 Å². The molecule has 0 saturated heterocycles. The molecule has 0 aliphatic rings. The number of rotatable bonds is 7. The van der Waals surface area contributed by atoms with Crippen LogP contribution < -0.4 is 5.32 Å². The molecule has 1 aromatic heterocycles. The molecular weight excluding hydrogens is 552 g/mol. The molecule has 0 spiro atoms. The third-order valence-electron chi connectivity index (χ3n) is 7.60. The predicted molar refractivity (Wildman–Crippen MR) is 163 cm³/mol. The number of thiophene rings is 1. The van der Waals surface area contributed by atoms with Crippen LogP contribution in [-0.2, 0) is 6.54 Å². The molecule has 0 bridgehead atoms. The van der Waals surface area contributed by atoms with Gasteiger partial charge in [-0.1, -0.05) is 67.6 Å². The van der Waals surface area contributed by atoms with Crippen molar-refractivity contribution in [2.24, 2.45) is 0 Å². The Hall–Kier alpha value is -4.88. The Balaban J connectivity index is 1.42. The third-order valence-corrected chi connectivity index (χ3v) is 8.54. The predicted octanol–water partition coefficient (Wildman–Crippen LogP) is 8.78. The van der Waals surface area contributed by atoms with Gasteiger partial charge in [0.15, 0.2) is 11.6 Å². The van der Waals surface area contributed by atoms with Crippen LogP contribution in [0.4, 0.5) is 8.78 Å². The van der Waals surface area contributed by atoms with Gasteiger partial charge in [-0.05, 0) is 80.4 Å². The average molecular weight is 578 g/mol. The molecule has 1 amide bonds. The van der Waals surface area contributed by atoms with Crippen LogP contribution in [0.1, 0.15) is 50.2 Å². The minimum Gasteiger partial charge on any atom is -0.478 e. The highest BCUT2D eigenvalue weighted by Gasteiger charge is 2.22. The molecule has 4 nitrogen and oxygen atoms in total. The number of aromatic carboxylic acids is 1. The normalized spacial score (nSPS) is 12.0. The van der Waals surface area contributed by atoms with Gasteiger partial charge in [0, 0.05) is 28.1 Å². The first kappa shape index (κ1) is 27.3. The summed E-state index contributed by atoms with van der Waals surface area (Å²) in [6, 6.07) is 28.2. The van der Waals surface area contributed by atoms with Crippen molar-refractivity contribution in [3.8, 4) is 11.1 Å². The summed E-state index contributed by atoms with van der Waals surface area (Å²) in [6.07, 6.45) is 0. The van der Waals surface area contributed by atoms with Crippen molar-refractivity contribution >= 4 is 44.1 Å². The van der Waals surface area contributed by atoms with Gasteiger partial charge in [-0.2, -0.15) is 0 Å². The summed E-state index contributed by atoms with van der Waals surface area (Å²) < 4.78 is 28.7. The summed E-state index contributed by atoms with van der Waals surface area (Å²) >= 11 is 1.50. The van der Waals surface area contributed by atoms with Gasteiger partial charge in [-0.15, -0.1) is 11.3 Å². The number of nitrogens with one attached hydrogen (secondary N) is 1. The molecule has 0 aliphatic carbocycles. The number of hydrogen-bond acceptors (Lipinski definition) is 3. The van der Waals surface area contributed by atoms with E-state index in [4.69, 9.17) is 5.11 Å². The van der Waals surface area contributed by atoms with Crippen molar-refractivity contribution in [3.05, 3.63) is 142 Å². The van der Waals surface area contributed by atoms with E-state index in [2.05, 4.69) is 48.0 Å². The van der Waals surface area contributed by atoms with Gasteiger partial charge in [-0.3, -0.25) is 4.79 Å². The topological polar surface area (TPSA) is 66.4 Å². The molecule has 42 heavy (non-hydrogen) atoms. The highest BCUT2D eigenvalue weighted by atomic mass is 32.1. The Kier molecular flexibility index (Phi) is 7.27. The van der Waals surface area contributed by atoms with Crippen molar-refractivity contribution < 1.29 is 23.5 Å². The molecule has 2 N–H and O–H groups in total. The van der Waals surface area contributed by atoms with Crippen molar-refractivity contribution in [2.45, 2.75) is 19.4 Å². The molecule has 208 valence electrons. The SMILES string of the molecule is C[C@H](c1ccc2ccccc2c1)c1csc2cc(-c3ccc(F)c(F)c3)cc(C(=O)NCc3ccc(C(=O)O)cc3)c12. The standard InChI is InChI=1S/C35H25F2NO3S/c1-20(24-11-10-22-4-2-3-5-25(22)14-24)29-19-42-32-17-27(26-12-13-30(36)31(37)16-26)15-28(33(29)32)34(39)38-18-21-6-8-23(9-7-21)35(40)41/h2-17,19-20H,18H2,1H3,(H,38,39)(H,40,41)/t20-/m1/s1. The molecular formula is C35H25F2NO3S. The highest BCUT2D eigenvalue weighted by molar-refractivity contribution is 7.17. The number of carbonyl (C=O) groups excluding carboxylic acids is 1.